The maximum Gasteiger partial charge on any atom is 0.295 e. The van der Waals surface area contributed by atoms with Gasteiger partial charge in [-0.15, -0.1) is 0 Å². The summed E-state index contributed by atoms with van der Waals surface area (Å²) in [5.41, 5.74) is 1.18. The van der Waals surface area contributed by atoms with Gasteiger partial charge in [-0.05, 0) is 50.3 Å². The highest BCUT2D eigenvalue weighted by Crippen LogP contribution is 2.42. The fourth-order valence-electron chi connectivity index (χ4n) is 3.71. The highest BCUT2D eigenvalue weighted by molar-refractivity contribution is 9.10. The van der Waals surface area contributed by atoms with Gasteiger partial charge in [-0.1, -0.05) is 41.1 Å². The van der Waals surface area contributed by atoms with Crippen LogP contribution in [0.2, 0.25) is 0 Å². The molecule has 0 radical (unpaired) electrons. The second kappa shape index (κ2) is 10.9. The Morgan fingerprint density at radius 3 is 2.42 bits per heavy atom. The zero-order valence-electron chi connectivity index (χ0n) is 19.3. The quantitative estimate of drug-likeness (QED) is 0.305. The number of ketones is 1. The summed E-state index contributed by atoms with van der Waals surface area (Å²) in [6, 6.07) is 11.5. The van der Waals surface area contributed by atoms with E-state index in [9.17, 15) is 14.7 Å². The first-order chi connectivity index (χ1) is 15.8. The summed E-state index contributed by atoms with van der Waals surface area (Å²) in [7, 11) is 5.34. The molecule has 1 aliphatic heterocycles. The number of ether oxygens (including phenoxy) is 2. The zero-order chi connectivity index (χ0) is 24.1. The minimum absolute atomic E-state index is 0.0605. The number of likely N-dealkylation sites (tertiary alicyclic amines) is 1. The third kappa shape index (κ3) is 5.39. The monoisotopic (exact) mass is 516 g/mol. The molecule has 1 fully saturated rings. The summed E-state index contributed by atoms with van der Waals surface area (Å²) < 4.78 is 12.1. The van der Waals surface area contributed by atoms with Gasteiger partial charge >= 0.3 is 0 Å². The van der Waals surface area contributed by atoms with Crippen LogP contribution >= 0.6 is 15.9 Å². The van der Waals surface area contributed by atoms with E-state index < -0.39 is 17.7 Å². The molecule has 0 aromatic heterocycles. The molecule has 2 aromatic carbocycles. The lowest BCUT2D eigenvalue weighted by atomic mass is 9.95. The maximum absolute atomic E-state index is 13.1. The van der Waals surface area contributed by atoms with E-state index in [4.69, 9.17) is 9.47 Å². The van der Waals surface area contributed by atoms with Crippen LogP contribution in [-0.2, 0) is 9.59 Å². The summed E-state index contributed by atoms with van der Waals surface area (Å²) in [6.45, 7) is 3.45. The van der Waals surface area contributed by atoms with Gasteiger partial charge in [0, 0.05) is 23.1 Å². The molecule has 1 heterocycles. The molecule has 3 rings (SSSR count). The van der Waals surface area contributed by atoms with Crippen molar-refractivity contribution in [2.24, 2.45) is 0 Å². The second-order valence-corrected chi connectivity index (χ2v) is 8.98. The number of rotatable bonds is 9. The molecule has 8 heteroatoms. The number of hydrogen-bond acceptors (Lipinski definition) is 6. The number of amides is 1. The van der Waals surface area contributed by atoms with E-state index in [-0.39, 0.29) is 11.3 Å². The van der Waals surface area contributed by atoms with Gasteiger partial charge in [-0.3, -0.25) is 9.59 Å². The van der Waals surface area contributed by atoms with Gasteiger partial charge < -0.3 is 24.4 Å². The predicted molar refractivity (Wildman–Crippen MR) is 130 cm³/mol. The molecule has 1 amide bonds. The molecule has 1 N–H and O–H groups in total. The summed E-state index contributed by atoms with van der Waals surface area (Å²) in [5.74, 6) is -0.456. The number of aliphatic hydroxyl groups excluding tert-OH is 1. The molecular weight excluding hydrogens is 488 g/mol. The van der Waals surface area contributed by atoms with Crippen molar-refractivity contribution in [3.05, 3.63) is 63.6 Å². The zero-order valence-corrected chi connectivity index (χ0v) is 20.9. The molecule has 2 aromatic rings. The van der Waals surface area contributed by atoms with Crippen LogP contribution in [0.4, 0.5) is 0 Å². The third-order valence-corrected chi connectivity index (χ3v) is 5.94. The van der Waals surface area contributed by atoms with E-state index in [1.54, 1.807) is 43.5 Å². The fourth-order valence-corrected chi connectivity index (χ4v) is 3.98. The standard InChI is InChI=1S/C25H29BrN2O5/c1-5-14-33-19-11-8-17(15-20(19)32-4)22-21(23(29)16-6-9-18(26)10-7-16)24(30)25(31)28(22)13-12-27(2)3/h6-11,15,22,29H,5,12-14H2,1-4H3/b23-21+. The lowest BCUT2D eigenvalue weighted by molar-refractivity contribution is -0.140. The Morgan fingerprint density at radius 2 is 1.82 bits per heavy atom. The van der Waals surface area contributed by atoms with Crippen LogP contribution in [0.15, 0.2) is 52.5 Å². The molecule has 0 saturated carbocycles. The molecule has 7 nitrogen and oxygen atoms in total. The first kappa shape index (κ1) is 24.8. The largest absolute Gasteiger partial charge is 0.507 e. The summed E-state index contributed by atoms with van der Waals surface area (Å²) in [4.78, 5) is 29.6. The molecule has 1 saturated heterocycles. The summed E-state index contributed by atoms with van der Waals surface area (Å²) >= 11 is 3.37. The van der Waals surface area contributed by atoms with Crippen LogP contribution in [0.5, 0.6) is 11.5 Å². The summed E-state index contributed by atoms with van der Waals surface area (Å²) in [5, 5.41) is 11.1. The minimum atomic E-state index is -0.747. The average Bonchev–Trinajstić information content (AvgIpc) is 3.06. The Balaban J connectivity index is 2.14. The van der Waals surface area contributed by atoms with E-state index in [1.165, 1.54) is 4.90 Å². The van der Waals surface area contributed by atoms with Crippen LogP contribution in [0.1, 0.15) is 30.5 Å². The Morgan fingerprint density at radius 1 is 1.12 bits per heavy atom. The van der Waals surface area contributed by atoms with Crippen molar-refractivity contribution in [1.29, 1.82) is 0 Å². The highest BCUT2D eigenvalue weighted by Gasteiger charge is 2.46. The Bertz CT molecular complexity index is 1050. The van der Waals surface area contributed by atoms with Crippen molar-refractivity contribution in [1.82, 2.24) is 9.80 Å². The molecule has 176 valence electrons. The van der Waals surface area contributed by atoms with Crippen LogP contribution < -0.4 is 9.47 Å². The highest BCUT2D eigenvalue weighted by atomic mass is 79.9. The third-order valence-electron chi connectivity index (χ3n) is 5.41. The van der Waals surface area contributed by atoms with Gasteiger partial charge in [0.15, 0.2) is 11.5 Å². The number of hydrogen-bond donors (Lipinski definition) is 1. The predicted octanol–water partition coefficient (Wildman–Crippen LogP) is 4.23. The maximum atomic E-state index is 13.1. The van der Waals surface area contributed by atoms with Crippen LogP contribution in [0.25, 0.3) is 5.76 Å². The second-order valence-electron chi connectivity index (χ2n) is 8.06. The van der Waals surface area contributed by atoms with Crippen LogP contribution in [0, 0.1) is 0 Å². The molecule has 0 bridgehead atoms. The van der Waals surface area contributed by atoms with E-state index in [1.807, 2.05) is 32.0 Å². The van der Waals surface area contributed by atoms with Gasteiger partial charge in [0.1, 0.15) is 5.76 Å². The van der Waals surface area contributed by atoms with Crippen molar-refractivity contribution in [2.45, 2.75) is 19.4 Å². The molecule has 1 atom stereocenters. The average molecular weight is 517 g/mol. The molecule has 0 aliphatic carbocycles. The van der Waals surface area contributed by atoms with Crippen LogP contribution in [-0.4, -0.2) is 67.5 Å². The van der Waals surface area contributed by atoms with Crippen molar-refractivity contribution >= 4 is 33.4 Å². The van der Waals surface area contributed by atoms with Crippen molar-refractivity contribution in [3.8, 4) is 11.5 Å². The van der Waals surface area contributed by atoms with Crippen molar-refractivity contribution in [3.63, 3.8) is 0 Å². The first-order valence-electron chi connectivity index (χ1n) is 10.8. The molecule has 0 spiro atoms. The van der Waals surface area contributed by atoms with Gasteiger partial charge in [-0.25, -0.2) is 0 Å². The van der Waals surface area contributed by atoms with Crippen molar-refractivity contribution < 1.29 is 24.2 Å². The number of benzene rings is 2. The Kier molecular flexibility index (Phi) is 8.15. The molecule has 33 heavy (non-hydrogen) atoms. The van der Waals surface area contributed by atoms with Gasteiger partial charge in [0.25, 0.3) is 11.7 Å². The molecule has 1 unspecified atom stereocenters. The first-order valence-corrected chi connectivity index (χ1v) is 11.6. The lowest BCUT2D eigenvalue weighted by Gasteiger charge is -2.27. The van der Waals surface area contributed by atoms with Gasteiger partial charge in [0.05, 0.1) is 25.3 Å². The number of likely N-dealkylation sites (N-methyl/N-ethyl adjacent to an activating group) is 1. The fraction of sp³-hybridized carbons (Fsp3) is 0.360. The minimum Gasteiger partial charge on any atom is -0.507 e. The smallest absolute Gasteiger partial charge is 0.295 e. The lowest BCUT2D eigenvalue weighted by Crippen LogP contribution is -2.35. The number of halogens is 1. The normalized spacial score (nSPS) is 17.6. The Labute approximate surface area is 202 Å². The molecule has 1 aliphatic rings. The van der Waals surface area contributed by atoms with Crippen LogP contribution in [0.3, 0.4) is 0 Å². The summed E-state index contributed by atoms with van der Waals surface area (Å²) in [6.07, 6.45) is 0.850. The number of nitrogens with zero attached hydrogens (tertiary/aromatic N) is 2. The Hall–Kier alpha value is -2.84. The van der Waals surface area contributed by atoms with E-state index in [0.29, 0.717) is 42.3 Å². The number of carbonyl (C=O) groups is 2. The van der Waals surface area contributed by atoms with Crippen molar-refractivity contribution in [2.75, 3.05) is 40.9 Å². The number of Topliss-reactive ketones (excluding diaryl/α,β-unsaturated/α-hetero) is 1. The van der Waals surface area contributed by atoms with Gasteiger partial charge in [0.2, 0.25) is 0 Å². The van der Waals surface area contributed by atoms with E-state index in [0.717, 1.165) is 10.9 Å². The number of aliphatic hydroxyl groups is 1. The van der Waals surface area contributed by atoms with Gasteiger partial charge in [-0.2, -0.15) is 0 Å². The van der Waals surface area contributed by atoms with E-state index >= 15 is 0 Å². The number of methoxy groups -OCH3 is 1. The number of carbonyl (C=O) groups excluding carboxylic acids is 2. The SMILES string of the molecule is CCCOc1ccc(C2/C(=C(\O)c3ccc(Br)cc3)C(=O)C(=O)N2CCN(C)C)cc1OC. The van der Waals surface area contributed by atoms with E-state index in [2.05, 4.69) is 15.9 Å². The molecular formula is C25H29BrN2O5. The topological polar surface area (TPSA) is 79.3 Å².